The fraction of sp³-hybridized carbons (Fsp3) is 0.167. The van der Waals surface area contributed by atoms with E-state index in [1.807, 2.05) is 0 Å². The number of urea groups is 2. The summed E-state index contributed by atoms with van der Waals surface area (Å²) in [6.45, 7) is 0.431. The monoisotopic (exact) mass is 524 g/mol. The molecule has 0 bridgehead atoms. The molecule has 0 saturated carbocycles. The topological polar surface area (TPSA) is 73.5 Å². The van der Waals surface area contributed by atoms with Crippen LogP contribution in [-0.4, -0.2) is 30.1 Å². The molecule has 6 nitrogen and oxygen atoms in total. The number of hydrogen-bond acceptors (Lipinski definition) is 2. The molecule has 3 aromatic carbocycles. The summed E-state index contributed by atoms with van der Waals surface area (Å²) in [7, 11) is 0. The van der Waals surface area contributed by atoms with E-state index in [-0.39, 0.29) is 25.3 Å². The first-order valence-corrected chi connectivity index (χ1v) is 11.1. The third-order valence-electron chi connectivity index (χ3n) is 4.81. The Morgan fingerprint density at radius 1 is 0.771 bits per heavy atom. The van der Waals surface area contributed by atoms with Gasteiger partial charge >= 0.3 is 18.2 Å². The number of nitrogens with zero attached hydrogens (tertiary/aromatic N) is 1. The molecule has 11 heteroatoms. The van der Waals surface area contributed by atoms with Gasteiger partial charge in [0.05, 0.1) is 5.56 Å². The molecule has 3 aromatic rings. The molecule has 0 aliphatic carbocycles. The van der Waals surface area contributed by atoms with E-state index in [9.17, 15) is 22.8 Å². The van der Waals surface area contributed by atoms with Crippen molar-refractivity contribution in [3.8, 4) is 0 Å². The zero-order chi connectivity index (χ0) is 25.4. The van der Waals surface area contributed by atoms with Crippen molar-refractivity contribution in [1.29, 1.82) is 0 Å². The number of alkyl halides is 3. The highest BCUT2D eigenvalue weighted by atomic mass is 35.5. The number of halogens is 5. The van der Waals surface area contributed by atoms with Gasteiger partial charge in [0, 0.05) is 41.1 Å². The SMILES string of the molecule is O=C(NCCN(Cc1ccc(Cl)cc1)C(=O)Nc1ccc(C(F)(F)F)cc1)Nc1ccc(Cl)cc1. The van der Waals surface area contributed by atoms with Crippen LogP contribution in [0.1, 0.15) is 11.1 Å². The van der Waals surface area contributed by atoms with Crippen LogP contribution < -0.4 is 16.0 Å². The van der Waals surface area contributed by atoms with E-state index >= 15 is 0 Å². The summed E-state index contributed by atoms with van der Waals surface area (Å²) in [5, 5.41) is 8.97. The minimum Gasteiger partial charge on any atom is -0.336 e. The largest absolute Gasteiger partial charge is 0.416 e. The van der Waals surface area contributed by atoms with Crippen molar-refractivity contribution < 1.29 is 22.8 Å². The first kappa shape index (κ1) is 26.2. The maximum Gasteiger partial charge on any atom is 0.416 e. The third kappa shape index (κ3) is 8.38. The minimum atomic E-state index is -4.47. The molecule has 3 rings (SSSR count). The number of carbonyl (C=O) groups excluding carboxylic acids is 2. The molecule has 35 heavy (non-hydrogen) atoms. The van der Waals surface area contributed by atoms with Gasteiger partial charge < -0.3 is 20.9 Å². The molecule has 0 aromatic heterocycles. The number of nitrogens with one attached hydrogen (secondary N) is 3. The summed E-state index contributed by atoms with van der Waals surface area (Å²) in [5.41, 5.74) is 0.717. The highest BCUT2D eigenvalue weighted by molar-refractivity contribution is 6.30. The van der Waals surface area contributed by atoms with Gasteiger partial charge in [0.1, 0.15) is 0 Å². The summed E-state index contributed by atoms with van der Waals surface area (Å²) in [5.74, 6) is 0. The number of rotatable bonds is 7. The number of amides is 4. The van der Waals surface area contributed by atoms with E-state index in [0.29, 0.717) is 15.7 Å². The molecule has 0 atom stereocenters. The Morgan fingerprint density at radius 3 is 1.86 bits per heavy atom. The third-order valence-corrected chi connectivity index (χ3v) is 5.31. The molecule has 0 aliphatic rings. The Hall–Kier alpha value is -3.43. The first-order chi connectivity index (χ1) is 16.6. The van der Waals surface area contributed by atoms with Crippen molar-refractivity contribution in [3.05, 3.63) is 94.0 Å². The second-order valence-electron chi connectivity index (χ2n) is 7.44. The van der Waals surface area contributed by atoms with Crippen molar-refractivity contribution in [2.75, 3.05) is 23.7 Å². The molecule has 0 unspecified atom stereocenters. The molecule has 0 spiro atoms. The number of benzene rings is 3. The second kappa shape index (κ2) is 11.8. The Labute approximate surface area is 210 Å². The van der Waals surface area contributed by atoms with Crippen molar-refractivity contribution in [2.24, 2.45) is 0 Å². The van der Waals surface area contributed by atoms with E-state index in [0.717, 1.165) is 17.7 Å². The van der Waals surface area contributed by atoms with Gasteiger partial charge in [-0.05, 0) is 66.2 Å². The quantitative estimate of drug-likeness (QED) is 0.315. The van der Waals surface area contributed by atoms with Crippen molar-refractivity contribution in [2.45, 2.75) is 12.7 Å². The number of anilines is 2. The average molecular weight is 525 g/mol. The summed E-state index contributed by atoms with van der Waals surface area (Å²) in [4.78, 5) is 26.5. The molecule has 4 amide bonds. The van der Waals surface area contributed by atoms with Crippen LogP contribution in [0.25, 0.3) is 0 Å². The van der Waals surface area contributed by atoms with Crippen molar-refractivity contribution >= 4 is 46.6 Å². The highest BCUT2D eigenvalue weighted by Gasteiger charge is 2.30. The van der Waals surface area contributed by atoms with E-state index < -0.39 is 23.8 Å². The number of hydrogen-bond donors (Lipinski definition) is 3. The van der Waals surface area contributed by atoms with Gasteiger partial charge in [0.15, 0.2) is 0 Å². The van der Waals surface area contributed by atoms with E-state index in [1.165, 1.54) is 17.0 Å². The molecule has 0 aliphatic heterocycles. The second-order valence-corrected chi connectivity index (χ2v) is 8.31. The zero-order valence-electron chi connectivity index (χ0n) is 18.2. The van der Waals surface area contributed by atoms with E-state index in [4.69, 9.17) is 23.2 Å². The smallest absolute Gasteiger partial charge is 0.336 e. The zero-order valence-corrected chi connectivity index (χ0v) is 19.7. The van der Waals surface area contributed by atoms with Crippen LogP contribution in [0.3, 0.4) is 0 Å². The van der Waals surface area contributed by atoms with E-state index in [1.54, 1.807) is 48.5 Å². The Morgan fingerprint density at radius 2 is 1.29 bits per heavy atom. The lowest BCUT2D eigenvalue weighted by molar-refractivity contribution is -0.137. The van der Waals surface area contributed by atoms with Gasteiger partial charge in [-0.25, -0.2) is 9.59 Å². The van der Waals surface area contributed by atoms with Crippen LogP contribution in [0.4, 0.5) is 34.1 Å². The van der Waals surface area contributed by atoms with Gasteiger partial charge in [0.25, 0.3) is 0 Å². The lowest BCUT2D eigenvalue weighted by Gasteiger charge is -2.24. The molecule has 0 heterocycles. The van der Waals surface area contributed by atoms with Crippen LogP contribution in [0.2, 0.25) is 10.0 Å². The fourth-order valence-electron chi connectivity index (χ4n) is 3.02. The maximum absolute atomic E-state index is 12.9. The van der Waals surface area contributed by atoms with Gasteiger partial charge in [-0.3, -0.25) is 0 Å². The van der Waals surface area contributed by atoms with Crippen molar-refractivity contribution in [1.82, 2.24) is 10.2 Å². The van der Waals surface area contributed by atoms with E-state index in [2.05, 4.69) is 16.0 Å². The fourth-order valence-corrected chi connectivity index (χ4v) is 3.27. The molecule has 3 N–H and O–H groups in total. The summed E-state index contributed by atoms with van der Waals surface area (Å²) >= 11 is 11.7. The van der Waals surface area contributed by atoms with Gasteiger partial charge in [-0.2, -0.15) is 13.2 Å². The minimum absolute atomic E-state index is 0.118. The predicted molar refractivity (Wildman–Crippen MR) is 131 cm³/mol. The molecular weight excluding hydrogens is 504 g/mol. The lowest BCUT2D eigenvalue weighted by atomic mass is 10.2. The van der Waals surface area contributed by atoms with Crippen LogP contribution in [0.5, 0.6) is 0 Å². The Kier molecular flexibility index (Phi) is 8.84. The normalized spacial score (nSPS) is 11.0. The summed E-state index contributed by atoms with van der Waals surface area (Å²) in [6, 6.07) is 16.6. The standard InChI is InChI=1S/C24H21Cl2F3N4O2/c25-18-5-1-16(2-6-18)15-33(14-13-30-22(34)31-20-11-7-19(26)8-12-20)23(35)32-21-9-3-17(4-10-21)24(27,28)29/h1-12H,13-15H2,(H,32,35)(H2,30,31,34). The maximum atomic E-state index is 12.9. The van der Waals surface area contributed by atoms with Crippen LogP contribution >= 0.6 is 23.2 Å². The lowest BCUT2D eigenvalue weighted by Crippen LogP contribution is -2.41. The van der Waals surface area contributed by atoms with Crippen LogP contribution in [0, 0.1) is 0 Å². The Balaban J connectivity index is 1.62. The van der Waals surface area contributed by atoms with Gasteiger partial charge in [-0.1, -0.05) is 35.3 Å². The summed E-state index contributed by atoms with van der Waals surface area (Å²) < 4.78 is 38.4. The van der Waals surface area contributed by atoms with Crippen LogP contribution in [0.15, 0.2) is 72.8 Å². The Bertz CT molecular complexity index is 1140. The predicted octanol–water partition coefficient (Wildman–Crippen LogP) is 6.87. The summed E-state index contributed by atoms with van der Waals surface area (Å²) in [6.07, 6.45) is -4.47. The average Bonchev–Trinajstić information content (AvgIpc) is 2.81. The molecule has 0 fully saturated rings. The highest BCUT2D eigenvalue weighted by Crippen LogP contribution is 2.29. The van der Waals surface area contributed by atoms with Gasteiger partial charge in [0.2, 0.25) is 0 Å². The van der Waals surface area contributed by atoms with Gasteiger partial charge in [-0.15, -0.1) is 0 Å². The van der Waals surface area contributed by atoms with Crippen LogP contribution in [-0.2, 0) is 12.7 Å². The number of carbonyl (C=O) groups is 2. The molecular formula is C24H21Cl2F3N4O2. The molecule has 0 saturated heterocycles. The molecule has 0 radical (unpaired) electrons. The first-order valence-electron chi connectivity index (χ1n) is 10.4. The molecule has 184 valence electrons. The van der Waals surface area contributed by atoms with Crippen molar-refractivity contribution in [3.63, 3.8) is 0 Å².